The SMILES string of the molecule is CNC1CCC(N(Cc2cc(-c3ccc(N(C)C=O)cc3)ccc2OC)C(=O)c2sc3cccc(F)c3c2Cl)CC1. The molecular formula is C32H33ClFN3O3S. The Kier molecular flexibility index (Phi) is 8.92. The number of methoxy groups -OCH3 is 1. The number of thiophene rings is 1. The van der Waals surface area contributed by atoms with Gasteiger partial charge in [-0.3, -0.25) is 9.59 Å². The number of benzene rings is 3. The largest absolute Gasteiger partial charge is 0.496 e. The molecule has 41 heavy (non-hydrogen) atoms. The molecule has 1 saturated carbocycles. The van der Waals surface area contributed by atoms with Crippen molar-refractivity contribution in [3.8, 4) is 16.9 Å². The third-order valence-corrected chi connectivity index (χ3v) is 9.63. The highest BCUT2D eigenvalue weighted by atomic mass is 35.5. The van der Waals surface area contributed by atoms with Crippen molar-refractivity contribution in [3.05, 3.63) is 81.9 Å². The fourth-order valence-corrected chi connectivity index (χ4v) is 7.11. The first-order valence-corrected chi connectivity index (χ1v) is 14.8. The lowest BCUT2D eigenvalue weighted by Crippen LogP contribution is -2.44. The maximum absolute atomic E-state index is 14.7. The van der Waals surface area contributed by atoms with Crippen LogP contribution in [0, 0.1) is 5.82 Å². The fourth-order valence-electron chi connectivity index (χ4n) is 5.60. The van der Waals surface area contributed by atoms with Gasteiger partial charge in [-0.1, -0.05) is 35.9 Å². The number of hydrogen-bond acceptors (Lipinski definition) is 5. The zero-order valence-corrected chi connectivity index (χ0v) is 24.9. The maximum atomic E-state index is 14.7. The second kappa shape index (κ2) is 12.6. The number of rotatable bonds is 9. The number of anilines is 1. The summed E-state index contributed by atoms with van der Waals surface area (Å²) < 4.78 is 21.0. The second-order valence-corrected chi connectivity index (χ2v) is 11.8. The molecule has 0 atom stereocenters. The molecule has 0 bridgehead atoms. The quantitative estimate of drug-likeness (QED) is 0.210. The van der Waals surface area contributed by atoms with E-state index in [9.17, 15) is 14.0 Å². The lowest BCUT2D eigenvalue weighted by molar-refractivity contribution is -0.107. The molecule has 1 N–H and O–H groups in total. The summed E-state index contributed by atoms with van der Waals surface area (Å²) in [5.41, 5.74) is 3.61. The Bertz CT molecular complexity index is 1550. The predicted molar refractivity (Wildman–Crippen MR) is 165 cm³/mol. The Morgan fingerprint density at radius 3 is 2.44 bits per heavy atom. The highest BCUT2D eigenvalue weighted by Crippen LogP contribution is 2.39. The van der Waals surface area contributed by atoms with E-state index in [1.54, 1.807) is 26.3 Å². The number of ether oxygens (including phenoxy) is 1. The molecule has 0 unspecified atom stereocenters. The van der Waals surface area contributed by atoms with Gasteiger partial charge in [0.25, 0.3) is 5.91 Å². The number of halogens is 2. The van der Waals surface area contributed by atoms with E-state index in [2.05, 4.69) is 5.32 Å². The van der Waals surface area contributed by atoms with Gasteiger partial charge in [0.2, 0.25) is 6.41 Å². The summed E-state index contributed by atoms with van der Waals surface area (Å²) in [6.45, 7) is 0.323. The van der Waals surface area contributed by atoms with Gasteiger partial charge in [-0.25, -0.2) is 4.39 Å². The van der Waals surface area contributed by atoms with Gasteiger partial charge in [-0.2, -0.15) is 0 Å². The van der Waals surface area contributed by atoms with E-state index >= 15 is 0 Å². The highest BCUT2D eigenvalue weighted by molar-refractivity contribution is 7.21. The predicted octanol–water partition coefficient (Wildman–Crippen LogP) is 7.14. The zero-order valence-electron chi connectivity index (χ0n) is 23.3. The molecule has 9 heteroatoms. The molecule has 0 spiro atoms. The number of amides is 2. The minimum Gasteiger partial charge on any atom is -0.496 e. The minimum atomic E-state index is -0.427. The first kappa shape index (κ1) is 29.0. The standard InChI is InChI=1S/C32H33ClFN3O3S/c1-35-23-10-14-25(15-11-23)37(32(39)31-30(33)29-26(34)5-4-6-28(29)41-31)18-22-17-21(9-16-27(22)40-3)20-7-12-24(13-8-20)36(2)19-38/h4-9,12-13,16-17,19,23,25,35H,10-11,14-15,18H2,1-3H3. The van der Waals surface area contributed by atoms with Crippen molar-refractivity contribution in [2.75, 3.05) is 26.1 Å². The summed E-state index contributed by atoms with van der Waals surface area (Å²) in [6.07, 6.45) is 4.38. The van der Waals surface area contributed by atoms with Crippen LogP contribution in [-0.4, -0.2) is 50.5 Å². The van der Waals surface area contributed by atoms with Crippen molar-refractivity contribution in [1.29, 1.82) is 0 Å². The van der Waals surface area contributed by atoms with Crippen LogP contribution < -0.4 is 15.0 Å². The summed E-state index contributed by atoms with van der Waals surface area (Å²) in [7, 11) is 5.30. The lowest BCUT2D eigenvalue weighted by Gasteiger charge is -2.37. The van der Waals surface area contributed by atoms with Gasteiger partial charge in [0.15, 0.2) is 0 Å². The first-order chi connectivity index (χ1) is 19.8. The number of nitrogens with one attached hydrogen (secondary N) is 1. The highest BCUT2D eigenvalue weighted by Gasteiger charge is 2.32. The average molecular weight is 594 g/mol. The van der Waals surface area contributed by atoms with E-state index in [1.807, 2.05) is 54.4 Å². The first-order valence-electron chi connectivity index (χ1n) is 13.6. The average Bonchev–Trinajstić information content (AvgIpc) is 3.36. The molecule has 6 nitrogen and oxygen atoms in total. The Labute approximate surface area is 248 Å². The van der Waals surface area contributed by atoms with Crippen molar-refractivity contribution in [3.63, 3.8) is 0 Å². The molecule has 1 heterocycles. The smallest absolute Gasteiger partial charge is 0.266 e. The molecular weight excluding hydrogens is 561 g/mol. The van der Waals surface area contributed by atoms with Crippen LogP contribution in [0.4, 0.5) is 10.1 Å². The van der Waals surface area contributed by atoms with Gasteiger partial charge in [0.1, 0.15) is 16.4 Å². The molecule has 1 aromatic heterocycles. The molecule has 0 aliphatic heterocycles. The van der Waals surface area contributed by atoms with Crippen LogP contribution in [0.2, 0.25) is 5.02 Å². The van der Waals surface area contributed by atoms with Crippen molar-refractivity contribution >= 4 is 51.0 Å². The van der Waals surface area contributed by atoms with Gasteiger partial charge in [0, 0.05) is 47.0 Å². The second-order valence-electron chi connectivity index (χ2n) is 10.4. The lowest BCUT2D eigenvalue weighted by atomic mass is 9.89. The summed E-state index contributed by atoms with van der Waals surface area (Å²) >= 11 is 7.90. The molecule has 4 aromatic rings. The third-order valence-electron chi connectivity index (χ3n) is 7.99. The van der Waals surface area contributed by atoms with Crippen LogP contribution in [0.15, 0.2) is 60.7 Å². The van der Waals surface area contributed by atoms with Crippen molar-refractivity contribution in [2.45, 2.75) is 44.3 Å². The van der Waals surface area contributed by atoms with E-state index in [1.165, 1.54) is 22.3 Å². The number of fused-ring (bicyclic) bond motifs is 1. The van der Waals surface area contributed by atoms with Gasteiger partial charge >= 0.3 is 0 Å². The summed E-state index contributed by atoms with van der Waals surface area (Å²) in [4.78, 5) is 29.1. The number of hydrogen-bond donors (Lipinski definition) is 1. The Morgan fingerprint density at radius 1 is 1.10 bits per heavy atom. The van der Waals surface area contributed by atoms with Crippen molar-refractivity contribution < 1.29 is 18.7 Å². The molecule has 2 amide bonds. The Morgan fingerprint density at radius 2 is 1.80 bits per heavy atom. The van der Waals surface area contributed by atoms with E-state index in [4.69, 9.17) is 16.3 Å². The maximum Gasteiger partial charge on any atom is 0.266 e. The number of carbonyl (C=O) groups excluding carboxylic acids is 2. The van der Waals surface area contributed by atoms with Crippen LogP contribution in [0.5, 0.6) is 5.75 Å². The summed E-state index contributed by atoms with van der Waals surface area (Å²) in [5.74, 6) is 0.0575. The molecule has 214 valence electrons. The monoisotopic (exact) mass is 593 g/mol. The van der Waals surface area contributed by atoms with Crippen LogP contribution in [0.25, 0.3) is 21.2 Å². The van der Waals surface area contributed by atoms with E-state index in [-0.39, 0.29) is 17.0 Å². The minimum absolute atomic E-state index is 0.00440. The normalized spacial score (nSPS) is 16.9. The van der Waals surface area contributed by atoms with Crippen LogP contribution >= 0.6 is 22.9 Å². The van der Waals surface area contributed by atoms with Gasteiger partial charge in [-0.05, 0) is 80.3 Å². The van der Waals surface area contributed by atoms with Gasteiger partial charge in [-0.15, -0.1) is 11.3 Å². The van der Waals surface area contributed by atoms with E-state index in [0.29, 0.717) is 33.3 Å². The number of nitrogens with zero attached hydrogens (tertiary/aromatic N) is 2. The molecule has 5 rings (SSSR count). The summed E-state index contributed by atoms with van der Waals surface area (Å²) in [6, 6.07) is 18.9. The van der Waals surface area contributed by atoms with Gasteiger partial charge in [0.05, 0.1) is 12.1 Å². The van der Waals surface area contributed by atoms with E-state index in [0.717, 1.165) is 54.5 Å². The van der Waals surface area contributed by atoms with Crippen molar-refractivity contribution in [1.82, 2.24) is 10.2 Å². The topological polar surface area (TPSA) is 61.9 Å². The molecule has 0 radical (unpaired) electrons. The zero-order chi connectivity index (χ0) is 29.1. The molecule has 3 aromatic carbocycles. The fraction of sp³-hybridized carbons (Fsp3) is 0.312. The van der Waals surface area contributed by atoms with Crippen LogP contribution in [0.1, 0.15) is 40.9 Å². The Hall–Kier alpha value is -3.46. The third kappa shape index (κ3) is 5.96. The number of carbonyl (C=O) groups is 2. The Balaban J connectivity index is 1.52. The van der Waals surface area contributed by atoms with Crippen LogP contribution in [-0.2, 0) is 11.3 Å². The van der Waals surface area contributed by atoms with Gasteiger partial charge < -0.3 is 19.9 Å². The van der Waals surface area contributed by atoms with Crippen LogP contribution in [0.3, 0.4) is 0 Å². The summed E-state index contributed by atoms with van der Waals surface area (Å²) in [5, 5.41) is 3.82. The van der Waals surface area contributed by atoms with E-state index < -0.39 is 5.82 Å². The molecule has 1 aliphatic rings. The molecule has 1 aliphatic carbocycles. The molecule has 1 fully saturated rings. The van der Waals surface area contributed by atoms with Crippen molar-refractivity contribution in [2.24, 2.45) is 0 Å². The molecule has 0 saturated heterocycles.